The molecular weight excluding hydrogens is 252 g/mol. The van der Waals surface area contributed by atoms with Gasteiger partial charge in [-0.25, -0.2) is 0 Å². The van der Waals surface area contributed by atoms with Crippen molar-refractivity contribution < 1.29 is 14.8 Å². The number of aliphatic hydroxyl groups excluding tert-OH is 1. The number of aryl methyl sites for hydroxylation is 1. The summed E-state index contributed by atoms with van der Waals surface area (Å²) in [4.78, 5) is 22.0. The normalized spacial score (nSPS) is 12.7. The number of hydrogen-bond acceptors (Lipinski definition) is 5. The van der Waals surface area contributed by atoms with Crippen LogP contribution in [0.4, 0.5) is 5.69 Å². The van der Waals surface area contributed by atoms with Gasteiger partial charge in [-0.3, -0.25) is 14.9 Å². The van der Waals surface area contributed by atoms with Crippen LogP contribution >= 0.6 is 0 Å². The SMILES string of the molecule is Cc1ccn(C[C@H](O)COC(C)C)c(=O)c1[N+](=O)[O-]. The standard InChI is InChI=1S/C12H18N2O5/c1-8(2)19-7-10(15)6-13-5-4-9(3)11(12(13)16)14(17)18/h4-5,8,10,15H,6-7H2,1-3H3/t10-/m0/s1. The molecular formula is C12H18N2O5. The van der Waals surface area contributed by atoms with Crippen molar-refractivity contribution in [2.45, 2.75) is 39.5 Å². The maximum Gasteiger partial charge on any atom is 0.336 e. The highest BCUT2D eigenvalue weighted by atomic mass is 16.6. The van der Waals surface area contributed by atoms with Crippen LogP contribution in [-0.2, 0) is 11.3 Å². The molecule has 0 aliphatic rings. The molecule has 0 aromatic carbocycles. The van der Waals surface area contributed by atoms with Crippen LogP contribution in [0.15, 0.2) is 17.1 Å². The summed E-state index contributed by atoms with van der Waals surface area (Å²) < 4.78 is 6.34. The fourth-order valence-corrected chi connectivity index (χ4v) is 1.60. The van der Waals surface area contributed by atoms with Crippen molar-refractivity contribution in [1.29, 1.82) is 0 Å². The molecule has 0 fully saturated rings. The van der Waals surface area contributed by atoms with E-state index in [1.807, 2.05) is 13.8 Å². The molecule has 1 atom stereocenters. The number of aliphatic hydroxyl groups is 1. The number of rotatable bonds is 6. The second-order valence-electron chi connectivity index (χ2n) is 4.60. The number of pyridine rings is 1. The summed E-state index contributed by atoms with van der Waals surface area (Å²) in [5, 5.41) is 20.5. The lowest BCUT2D eigenvalue weighted by Gasteiger charge is -2.14. The monoisotopic (exact) mass is 270 g/mol. The fraction of sp³-hybridized carbons (Fsp3) is 0.583. The average Bonchev–Trinajstić information content (AvgIpc) is 2.30. The molecule has 0 radical (unpaired) electrons. The van der Waals surface area contributed by atoms with Gasteiger partial charge in [-0.05, 0) is 26.8 Å². The number of nitrogens with zero attached hydrogens (tertiary/aromatic N) is 2. The smallest absolute Gasteiger partial charge is 0.336 e. The first kappa shape index (κ1) is 15.3. The summed E-state index contributed by atoms with van der Waals surface area (Å²) in [6, 6.07) is 1.48. The molecule has 0 saturated carbocycles. The fourth-order valence-electron chi connectivity index (χ4n) is 1.60. The summed E-state index contributed by atoms with van der Waals surface area (Å²) in [7, 11) is 0. The Kier molecular flexibility index (Phi) is 5.20. The van der Waals surface area contributed by atoms with Crippen molar-refractivity contribution in [3.63, 3.8) is 0 Å². The van der Waals surface area contributed by atoms with E-state index in [-0.39, 0.29) is 19.3 Å². The van der Waals surface area contributed by atoms with Crippen LogP contribution in [-0.4, -0.2) is 33.4 Å². The molecule has 1 N–H and O–H groups in total. The topological polar surface area (TPSA) is 94.6 Å². The molecule has 7 nitrogen and oxygen atoms in total. The van der Waals surface area contributed by atoms with E-state index in [2.05, 4.69) is 0 Å². The van der Waals surface area contributed by atoms with Crippen LogP contribution in [0.2, 0.25) is 0 Å². The van der Waals surface area contributed by atoms with Crippen molar-refractivity contribution in [2.75, 3.05) is 6.61 Å². The van der Waals surface area contributed by atoms with Gasteiger partial charge in [-0.15, -0.1) is 0 Å². The Labute approximate surface area is 110 Å². The molecule has 0 aliphatic heterocycles. The Morgan fingerprint density at radius 2 is 2.16 bits per heavy atom. The third-order valence-electron chi connectivity index (χ3n) is 2.55. The quantitative estimate of drug-likeness (QED) is 0.611. The van der Waals surface area contributed by atoms with E-state index in [0.717, 1.165) is 4.57 Å². The van der Waals surface area contributed by atoms with E-state index in [9.17, 15) is 20.0 Å². The summed E-state index contributed by atoms with van der Waals surface area (Å²) >= 11 is 0. The maximum absolute atomic E-state index is 11.9. The van der Waals surface area contributed by atoms with E-state index in [1.54, 1.807) is 0 Å². The van der Waals surface area contributed by atoms with Crippen molar-refractivity contribution in [3.8, 4) is 0 Å². The number of aromatic nitrogens is 1. The lowest BCUT2D eigenvalue weighted by Crippen LogP contribution is -2.31. The molecule has 1 aromatic rings. The van der Waals surface area contributed by atoms with E-state index in [1.165, 1.54) is 19.2 Å². The average molecular weight is 270 g/mol. The Morgan fingerprint density at radius 1 is 1.53 bits per heavy atom. The molecule has 1 heterocycles. The Morgan fingerprint density at radius 3 is 2.68 bits per heavy atom. The van der Waals surface area contributed by atoms with Crippen molar-refractivity contribution in [1.82, 2.24) is 4.57 Å². The van der Waals surface area contributed by atoms with Crippen LogP contribution in [0.25, 0.3) is 0 Å². The van der Waals surface area contributed by atoms with Crippen LogP contribution in [0.3, 0.4) is 0 Å². The van der Waals surface area contributed by atoms with Gasteiger partial charge in [0.05, 0.1) is 30.3 Å². The first-order valence-corrected chi connectivity index (χ1v) is 5.97. The molecule has 0 aliphatic carbocycles. The second kappa shape index (κ2) is 6.44. The molecule has 7 heteroatoms. The van der Waals surface area contributed by atoms with Crippen LogP contribution in [0, 0.1) is 17.0 Å². The third kappa shape index (κ3) is 4.15. The minimum atomic E-state index is -0.887. The molecule has 106 valence electrons. The zero-order valence-electron chi connectivity index (χ0n) is 11.2. The third-order valence-corrected chi connectivity index (χ3v) is 2.55. The molecule has 0 amide bonds. The number of ether oxygens (including phenoxy) is 1. The van der Waals surface area contributed by atoms with Gasteiger partial charge in [-0.2, -0.15) is 0 Å². The summed E-state index contributed by atoms with van der Waals surface area (Å²) in [6.45, 7) is 5.20. The Bertz CT molecular complexity index is 509. The molecule has 0 spiro atoms. The van der Waals surface area contributed by atoms with Crippen molar-refractivity contribution >= 4 is 5.69 Å². The molecule has 0 bridgehead atoms. The highest BCUT2D eigenvalue weighted by Crippen LogP contribution is 2.10. The van der Waals surface area contributed by atoms with E-state index >= 15 is 0 Å². The van der Waals surface area contributed by atoms with Gasteiger partial charge in [0.1, 0.15) is 0 Å². The van der Waals surface area contributed by atoms with Gasteiger partial charge in [-0.1, -0.05) is 0 Å². The van der Waals surface area contributed by atoms with E-state index in [0.29, 0.717) is 5.56 Å². The zero-order valence-corrected chi connectivity index (χ0v) is 11.2. The van der Waals surface area contributed by atoms with Gasteiger partial charge in [0, 0.05) is 11.8 Å². The maximum atomic E-state index is 11.9. The van der Waals surface area contributed by atoms with Gasteiger partial charge < -0.3 is 14.4 Å². The predicted molar refractivity (Wildman–Crippen MR) is 69.2 cm³/mol. The van der Waals surface area contributed by atoms with Crippen molar-refractivity contribution in [2.24, 2.45) is 0 Å². The second-order valence-corrected chi connectivity index (χ2v) is 4.60. The zero-order chi connectivity index (χ0) is 14.6. The molecule has 0 saturated heterocycles. The van der Waals surface area contributed by atoms with Gasteiger partial charge in [0.25, 0.3) is 0 Å². The largest absolute Gasteiger partial charge is 0.389 e. The first-order valence-electron chi connectivity index (χ1n) is 5.97. The number of nitro groups is 1. The van der Waals surface area contributed by atoms with E-state index < -0.39 is 22.3 Å². The molecule has 1 rings (SSSR count). The minimum absolute atomic E-state index is 0.0290. The first-order chi connectivity index (χ1) is 8.82. The number of hydrogen-bond donors (Lipinski definition) is 1. The highest BCUT2D eigenvalue weighted by Gasteiger charge is 2.19. The van der Waals surface area contributed by atoms with Gasteiger partial charge in [0.2, 0.25) is 0 Å². The van der Waals surface area contributed by atoms with Gasteiger partial charge >= 0.3 is 11.2 Å². The Balaban J connectivity index is 2.88. The summed E-state index contributed by atoms with van der Waals surface area (Å²) in [5.41, 5.74) is -0.868. The van der Waals surface area contributed by atoms with Crippen LogP contribution in [0.5, 0.6) is 0 Å². The van der Waals surface area contributed by atoms with Crippen LogP contribution < -0.4 is 5.56 Å². The molecule has 1 aromatic heterocycles. The highest BCUT2D eigenvalue weighted by molar-refractivity contribution is 5.35. The van der Waals surface area contributed by atoms with Gasteiger partial charge in [0.15, 0.2) is 0 Å². The molecule has 0 unspecified atom stereocenters. The lowest BCUT2D eigenvalue weighted by molar-refractivity contribution is -0.387. The van der Waals surface area contributed by atoms with Crippen molar-refractivity contribution in [3.05, 3.63) is 38.3 Å². The van der Waals surface area contributed by atoms with Crippen LogP contribution in [0.1, 0.15) is 19.4 Å². The van der Waals surface area contributed by atoms with E-state index in [4.69, 9.17) is 4.74 Å². The summed E-state index contributed by atoms with van der Waals surface area (Å²) in [6.07, 6.45) is 0.518. The predicted octanol–water partition coefficient (Wildman–Crippen LogP) is 0.851. The summed E-state index contributed by atoms with van der Waals surface area (Å²) in [5.74, 6) is 0. The molecule has 19 heavy (non-hydrogen) atoms. The lowest BCUT2D eigenvalue weighted by atomic mass is 10.2. The minimum Gasteiger partial charge on any atom is -0.389 e. The Hall–Kier alpha value is -1.73.